The summed E-state index contributed by atoms with van der Waals surface area (Å²) in [5, 5.41) is 4.83. The number of hydrogen-bond donors (Lipinski definition) is 3. The maximum absolute atomic E-state index is 14.1. The smallest absolute Gasteiger partial charge is 0.410 e. The SMILES string of the molecule is CC[C@@H](C)C(NC(=O)OC)C(=O)N1[C@@H](C)CC[C@H]1c1nc2ccc3cc4c(cc3c2[nH]1)OCc1cc(-c2cnc([C@@H]3C[C@H](C)CN3C(=O)OC(C)(C)C)[nH]2)ccc1-4. The van der Waals surface area contributed by atoms with Gasteiger partial charge in [-0.2, -0.15) is 0 Å². The van der Waals surface area contributed by atoms with Crippen molar-refractivity contribution in [2.75, 3.05) is 13.7 Å². The molecule has 6 atom stereocenters. The Morgan fingerprint density at radius 2 is 1.82 bits per heavy atom. The number of imidazole rings is 2. The number of H-pyrrole nitrogens is 2. The normalized spacial score (nSPS) is 21.5. The van der Waals surface area contributed by atoms with Crippen molar-refractivity contribution in [3.63, 3.8) is 0 Å². The fourth-order valence-corrected chi connectivity index (χ4v) is 8.77. The Bertz CT molecular complexity index is 2360. The molecule has 3 aliphatic rings. The summed E-state index contributed by atoms with van der Waals surface area (Å²) >= 11 is 0. The summed E-state index contributed by atoms with van der Waals surface area (Å²) in [6.07, 6.45) is 4.04. The van der Waals surface area contributed by atoms with E-state index in [9.17, 15) is 14.4 Å². The maximum Gasteiger partial charge on any atom is 0.410 e. The third-order valence-electron chi connectivity index (χ3n) is 11.9. The van der Waals surface area contributed by atoms with Crippen molar-refractivity contribution in [2.45, 2.75) is 111 Å². The van der Waals surface area contributed by atoms with Crippen molar-refractivity contribution in [3.8, 4) is 28.1 Å². The monoisotopic (exact) mass is 775 g/mol. The molecular weight excluding hydrogens is 723 g/mol. The van der Waals surface area contributed by atoms with Crippen LogP contribution in [0.15, 0.2) is 48.7 Å². The molecule has 0 radical (unpaired) electrons. The molecule has 300 valence electrons. The van der Waals surface area contributed by atoms with Crippen molar-refractivity contribution in [1.82, 2.24) is 35.1 Å². The highest BCUT2D eigenvalue weighted by Gasteiger charge is 2.42. The van der Waals surface area contributed by atoms with Gasteiger partial charge >= 0.3 is 12.2 Å². The summed E-state index contributed by atoms with van der Waals surface area (Å²) in [5.74, 6) is 2.42. The topological polar surface area (TPSA) is 155 Å². The van der Waals surface area contributed by atoms with Gasteiger partial charge in [0.2, 0.25) is 5.91 Å². The van der Waals surface area contributed by atoms with Crippen LogP contribution in [-0.2, 0) is 20.9 Å². The molecule has 57 heavy (non-hydrogen) atoms. The van der Waals surface area contributed by atoms with E-state index >= 15 is 0 Å². The van der Waals surface area contributed by atoms with E-state index in [2.05, 4.69) is 65.5 Å². The van der Waals surface area contributed by atoms with Crippen LogP contribution in [0.4, 0.5) is 9.59 Å². The first kappa shape index (κ1) is 38.3. The highest BCUT2D eigenvalue weighted by atomic mass is 16.6. The molecule has 0 bridgehead atoms. The van der Waals surface area contributed by atoms with Crippen LogP contribution in [0.2, 0.25) is 0 Å². The van der Waals surface area contributed by atoms with Gasteiger partial charge in [-0.25, -0.2) is 19.6 Å². The number of nitrogens with one attached hydrogen (secondary N) is 3. The quantitative estimate of drug-likeness (QED) is 0.148. The van der Waals surface area contributed by atoms with Crippen LogP contribution in [0.1, 0.15) is 103 Å². The summed E-state index contributed by atoms with van der Waals surface area (Å²) in [6.45, 7) is 14.9. The second-order valence-corrected chi connectivity index (χ2v) is 17.2. The third-order valence-corrected chi connectivity index (χ3v) is 11.9. The lowest BCUT2D eigenvalue weighted by atomic mass is 9.92. The number of ether oxygens (including phenoxy) is 3. The maximum atomic E-state index is 14.1. The Balaban J connectivity index is 1.06. The van der Waals surface area contributed by atoms with Gasteiger partial charge in [-0.3, -0.25) is 9.69 Å². The van der Waals surface area contributed by atoms with Crippen molar-refractivity contribution < 1.29 is 28.6 Å². The number of alkyl carbamates (subject to hydrolysis) is 1. The van der Waals surface area contributed by atoms with Crippen LogP contribution in [0.3, 0.4) is 0 Å². The molecule has 3 aliphatic heterocycles. The Morgan fingerprint density at radius 1 is 1.02 bits per heavy atom. The molecule has 2 aromatic heterocycles. The van der Waals surface area contributed by atoms with Crippen LogP contribution >= 0.6 is 0 Å². The Kier molecular flexibility index (Phi) is 9.89. The van der Waals surface area contributed by atoms with Crippen LogP contribution in [0.25, 0.3) is 44.2 Å². The number of aromatic nitrogens is 4. The van der Waals surface area contributed by atoms with E-state index in [1.165, 1.54) is 7.11 Å². The van der Waals surface area contributed by atoms with E-state index in [0.29, 0.717) is 19.1 Å². The predicted molar refractivity (Wildman–Crippen MR) is 217 cm³/mol. The zero-order valence-electron chi connectivity index (χ0n) is 34.1. The van der Waals surface area contributed by atoms with Crippen LogP contribution in [0, 0.1) is 11.8 Å². The molecule has 0 saturated carbocycles. The lowest BCUT2D eigenvalue weighted by molar-refractivity contribution is -0.137. The lowest BCUT2D eigenvalue weighted by Crippen LogP contribution is -2.53. The van der Waals surface area contributed by atoms with E-state index in [1.54, 1.807) is 4.90 Å². The van der Waals surface area contributed by atoms with Crippen molar-refractivity contribution >= 4 is 39.9 Å². The average molecular weight is 776 g/mol. The van der Waals surface area contributed by atoms with Gasteiger partial charge < -0.3 is 34.4 Å². The zero-order valence-corrected chi connectivity index (χ0v) is 34.1. The molecule has 0 spiro atoms. The van der Waals surface area contributed by atoms with Crippen LogP contribution < -0.4 is 10.1 Å². The summed E-state index contributed by atoms with van der Waals surface area (Å²) < 4.78 is 17.0. The minimum absolute atomic E-state index is 0.0135. The van der Waals surface area contributed by atoms with Gasteiger partial charge in [0.1, 0.15) is 35.6 Å². The number of benzene rings is 3. The second kappa shape index (κ2) is 14.7. The van der Waals surface area contributed by atoms with E-state index in [4.69, 9.17) is 24.2 Å². The standard InChI is InChI=1S/C44H53N7O6/c1-9-24(3)37(49-42(53)55-8)41(52)51-25(4)10-15-34(51)40-46-32-14-12-26-18-31-29-13-11-27(17-28(29)22-56-36(31)19-30(26)38(32)48-40)33-20-45-39(47-33)35-16-23(2)21-50(35)43(54)57-44(5,6)7/h11-14,17-20,23-25,34-35,37H,9-10,15-16,21-22H2,1-8H3,(H,45,47)(H,46,48)(H,49,53)/t23-,24+,25-,34-,35-,37?/m0/s1. The summed E-state index contributed by atoms with van der Waals surface area (Å²) in [6, 6.07) is 13.6. The first-order chi connectivity index (χ1) is 27.2. The molecule has 5 aromatic rings. The Morgan fingerprint density at radius 3 is 2.58 bits per heavy atom. The van der Waals surface area contributed by atoms with Crippen LogP contribution in [-0.4, -0.2) is 79.2 Å². The minimum Gasteiger partial charge on any atom is -0.488 e. The Labute approximate surface area is 332 Å². The summed E-state index contributed by atoms with van der Waals surface area (Å²) in [7, 11) is 1.31. The van der Waals surface area contributed by atoms with Gasteiger partial charge in [0.05, 0.1) is 42.1 Å². The number of rotatable bonds is 7. The van der Waals surface area contributed by atoms with Gasteiger partial charge in [-0.1, -0.05) is 45.4 Å². The number of likely N-dealkylation sites (tertiary alicyclic amines) is 2. The number of aromatic amines is 2. The highest BCUT2D eigenvalue weighted by Crippen LogP contribution is 2.44. The van der Waals surface area contributed by atoms with E-state index < -0.39 is 17.7 Å². The van der Waals surface area contributed by atoms with Gasteiger partial charge in [-0.15, -0.1) is 0 Å². The summed E-state index contributed by atoms with van der Waals surface area (Å²) in [4.78, 5) is 60.0. The molecule has 1 unspecified atom stereocenters. The lowest BCUT2D eigenvalue weighted by Gasteiger charge is -2.33. The molecular formula is C44H53N7O6. The fraction of sp³-hybridized carbons (Fsp3) is 0.477. The largest absolute Gasteiger partial charge is 0.488 e. The Hall–Kier alpha value is -5.59. The first-order valence-electron chi connectivity index (χ1n) is 20.2. The van der Waals surface area contributed by atoms with Gasteiger partial charge in [0, 0.05) is 23.5 Å². The van der Waals surface area contributed by atoms with Gasteiger partial charge in [0.25, 0.3) is 0 Å². The molecule has 3 amide bonds. The van der Waals surface area contributed by atoms with E-state index in [-0.39, 0.29) is 36.0 Å². The van der Waals surface area contributed by atoms with Crippen molar-refractivity contribution in [3.05, 3.63) is 65.9 Å². The molecule has 0 aliphatic carbocycles. The molecule has 2 fully saturated rings. The number of methoxy groups -OCH3 is 1. The number of hydrogen-bond acceptors (Lipinski definition) is 8. The molecule has 3 aromatic carbocycles. The number of fused-ring (bicyclic) bond motifs is 6. The first-order valence-corrected chi connectivity index (χ1v) is 20.2. The highest BCUT2D eigenvalue weighted by molar-refractivity contribution is 6.07. The van der Waals surface area contributed by atoms with Crippen LogP contribution in [0.5, 0.6) is 5.75 Å². The van der Waals surface area contributed by atoms with Gasteiger partial charge in [0.15, 0.2) is 0 Å². The fourth-order valence-electron chi connectivity index (χ4n) is 8.77. The molecule has 5 heterocycles. The molecule has 13 heteroatoms. The number of amides is 3. The zero-order chi connectivity index (χ0) is 40.3. The van der Waals surface area contributed by atoms with E-state index in [0.717, 1.165) is 92.8 Å². The predicted octanol–water partition coefficient (Wildman–Crippen LogP) is 8.81. The van der Waals surface area contributed by atoms with Gasteiger partial charge in [-0.05, 0) is 105 Å². The average Bonchev–Trinajstić information content (AvgIpc) is 4.00. The number of carbonyl (C=O) groups excluding carboxylic acids is 3. The second-order valence-electron chi connectivity index (χ2n) is 17.2. The molecule has 8 rings (SSSR count). The van der Waals surface area contributed by atoms with E-state index in [1.807, 2.05) is 51.8 Å². The molecule has 2 saturated heterocycles. The number of carbonyl (C=O) groups is 3. The molecule has 3 N–H and O–H groups in total. The summed E-state index contributed by atoms with van der Waals surface area (Å²) in [5.41, 5.74) is 6.21. The van der Waals surface area contributed by atoms with Crippen molar-refractivity contribution in [1.29, 1.82) is 0 Å². The van der Waals surface area contributed by atoms with Crippen molar-refractivity contribution in [2.24, 2.45) is 11.8 Å². The number of nitrogens with zero attached hydrogens (tertiary/aromatic N) is 4. The minimum atomic E-state index is -0.701. The third kappa shape index (κ3) is 7.16. The molecule has 13 nitrogen and oxygen atoms in total.